The molecule has 21 heavy (non-hydrogen) atoms. The lowest BCUT2D eigenvalue weighted by Crippen LogP contribution is -2.30. The summed E-state index contributed by atoms with van der Waals surface area (Å²) in [6.07, 6.45) is 5.74. The van der Waals surface area contributed by atoms with Gasteiger partial charge >= 0.3 is 15.6 Å². The van der Waals surface area contributed by atoms with E-state index >= 15 is 0 Å². The Morgan fingerprint density at radius 1 is 1.33 bits per heavy atom. The number of nitrogens with zero attached hydrogens (tertiary/aromatic N) is 2. The smallest absolute Gasteiger partial charge is 0.366 e. The highest BCUT2D eigenvalue weighted by Crippen LogP contribution is 2.20. The summed E-state index contributed by atoms with van der Waals surface area (Å²) in [4.78, 5) is 13.8. The van der Waals surface area contributed by atoms with Crippen LogP contribution in [-0.2, 0) is 14.9 Å². The van der Waals surface area contributed by atoms with E-state index in [1.807, 2.05) is 0 Å². The standard InChI is InChI=1S/C6H12N2.C3H5NO.CHF3O3S/c1-6-7(2)4-5-8(6)3;1-2-3(4)5;2-1(3,4)8(5,6)7/h4-6H,1-3H3;2H,1H2,(H2,4,5);(H,5,6,7). The second-order valence-corrected chi connectivity index (χ2v) is 5.20. The van der Waals surface area contributed by atoms with Gasteiger partial charge in [-0.1, -0.05) is 6.58 Å². The third-order valence-electron chi connectivity index (χ3n) is 2.21. The molecule has 3 N–H and O–H groups in total. The van der Waals surface area contributed by atoms with E-state index in [4.69, 9.17) is 13.0 Å². The van der Waals surface area contributed by atoms with E-state index in [0.717, 1.165) is 6.08 Å². The molecule has 0 saturated carbocycles. The molecule has 1 amide bonds. The molecular formula is C10H18F3N3O4S. The van der Waals surface area contributed by atoms with Crippen molar-refractivity contribution in [3.05, 3.63) is 25.1 Å². The lowest BCUT2D eigenvalue weighted by atomic mass is 10.5. The van der Waals surface area contributed by atoms with E-state index in [0.29, 0.717) is 6.17 Å². The van der Waals surface area contributed by atoms with Crippen molar-refractivity contribution in [3.63, 3.8) is 0 Å². The molecule has 0 atom stereocenters. The molecule has 1 aliphatic heterocycles. The largest absolute Gasteiger partial charge is 0.522 e. The molecule has 7 nitrogen and oxygen atoms in total. The predicted molar refractivity (Wildman–Crippen MR) is 71.1 cm³/mol. The lowest BCUT2D eigenvalue weighted by molar-refractivity contribution is -0.113. The van der Waals surface area contributed by atoms with E-state index in [9.17, 15) is 18.0 Å². The van der Waals surface area contributed by atoms with Gasteiger partial charge in [-0.15, -0.1) is 0 Å². The number of hydrogen-bond donors (Lipinski definition) is 2. The van der Waals surface area contributed by atoms with Crippen molar-refractivity contribution in [1.29, 1.82) is 0 Å². The summed E-state index contributed by atoms with van der Waals surface area (Å²) >= 11 is 0. The molecule has 1 heterocycles. The Labute approximate surface area is 121 Å². The summed E-state index contributed by atoms with van der Waals surface area (Å²) in [5.74, 6) is -0.481. The maximum absolute atomic E-state index is 10.7. The summed E-state index contributed by atoms with van der Waals surface area (Å²) < 4.78 is 57.5. The van der Waals surface area contributed by atoms with Crippen LogP contribution in [0.3, 0.4) is 0 Å². The van der Waals surface area contributed by atoms with Gasteiger partial charge < -0.3 is 15.5 Å². The average Bonchev–Trinajstić information content (AvgIpc) is 2.59. The summed E-state index contributed by atoms with van der Waals surface area (Å²) in [6, 6.07) is 0. The number of carbonyl (C=O) groups is 1. The van der Waals surface area contributed by atoms with Crippen molar-refractivity contribution >= 4 is 16.0 Å². The minimum atomic E-state index is -5.84. The molecule has 1 aliphatic rings. The zero-order chi connectivity index (χ0) is 17.4. The Hall–Kier alpha value is -1.75. The first-order valence-electron chi connectivity index (χ1n) is 5.31. The fourth-order valence-corrected chi connectivity index (χ4v) is 0.747. The van der Waals surface area contributed by atoms with E-state index in [2.05, 4.69) is 55.5 Å². The molecule has 0 aliphatic carbocycles. The molecule has 0 aromatic heterocycles. The predicted octanol–water partition coefficient (Wildman–Crippen LogP) is 0.733. The van der Waals surface area contributed by atoms with Crippen molar-refractivity contribution < 1.29 is 30.9 Å². The van der Waals surface area contributed by atoms with Crippen LogP contribution in [0.2, 0.25) is 0 Å². The number of primary amides is 1. The highest BCUT2D eigenvalue weighted by molar-refractivity contribution is 7.86. The van der Waals surface area contributed by atoms with Gasteiger partial charge in [0, 0.05) is 26.5 Å². The quantitative estimate of drug-likeness (QED) is 0.416. The van der Waals surface area contributed by atoms with E-state index in [1.165, 1.54) is 0 Å². The second-order valence-electron chi connectivity index (χ2n) is 3.79. The van der Waals surface area contributed by atoms with Gasteiger partial charge in [-0.25, -0.2) is 0 Å². The van der Waals surface area contributed by atoms with Gasteiger partial charge in [0.05, 0.1) is 6.17 Å². The maximum Gasteiger partial charge on any atom is 0.522 e. The van der Waals surface area contributed by atoms with Crippen LogP contribution in [0, 0.1) is 0 Å². The lowest BCUT2D eigenvalue weighted by Gasteiger charge is -2.22. The van der Waals surface area contributed by atoms with Gasteiger partial charge in [0.2, 0.25) is 5.91 Å². The molecule has 0 unspecified atom stereocenters. The van der Waals surface area contributed by atoms with Crippen LogP contribution in [0.5, 0.6) is 0 Å². The Morgan fingerprint density at radius 3 is 1.62 bits per heavy atom. The SMILES string of the molecule is C=CC(N)=O.CC1N(C)C=CN1C.O=S(=O)(O)C(F)(F)F. The highest BCUT2D eigenvalue weighted by Gasteiger charge is 2.44. The van der Waals surface area contributed by atoms with E-state index < -0.39 is 21.5 Å². The fraction of sp³-hybridized carbons (Fsp3) is 0.500. The molecule has 1 rings (SSSR count). The van der Waals surface area contributed by atoms with Crippen molar-refractivity contribution in [3.8, 4) is 0 Å². The summed E-state index contributed by atoms with van der Waals surface area (Å²) in [7, 11) is -1.69. The van der Waals surface area contributed by atoms with Crippen LogP contribution < -0.4 is 5.73 Å². The van der Waals surface area contributed by atoms with E-state index in [-0.39, 0.29) is 0 Å². The van der Waals surface area contributed by atoms with Gasteiger partial charge in [-0.05, 0) is 13.0 Å². The second kappa shape index (κ2) is 8.52. The number of carbonyl (C=O) groups excluding carboxylic acids is 1. The average molecular weight is 333 g/mol. The summed E-state index contributed by atoms with van der Waals surface area (Å²) in [5.41, 5.74) is -1.000. The molecule has 0 fully saturated rings. The van der Waals surface area contributed by atoms with Crippen LogP contribution in [0.1, 0.15) is 6.92 Å². The Kier molecular flexibility index (Phi) is 8.74. The highest BCUT2D eigenvalue weighted by atomic mass is 32.2. The van der Waals surface area contributed by atoms with Crippen molar-refractivity contribution in [1.82, 2.24) is 9.80 Å². The van der Waals surface area contributed by atoms with Crippen LogP contribution in [0.25, 0.3) is 0 Å². The molecule has 0 spiro atoms. The van der Waals surface area contributed by atoms with Crippen molar-refractivity contribution in [2.45, 2.75) is 18.6 Å². The van der Waals surface area contributed by atoms with Crippen molar-refractivity contribution in [2.24, 2.45) is 5.73 Å². The van der Waals surface area contributed by atoms with Crippen LogP contribution >= 0.6 is 0 Å². The Morgan fingerprint density at radius 2 is 1.57 bits per heavy atom. The van der Waals surface area contributed by atoms with Crippen LogP contribution in [-0.4, -0.2) is 54.4 Å². The third-order valence-corrected chi connectivity index (χ3v) is 2.79. The molecule has 0 bridgehead atoms. The first kappa shape index (κ1) is 21.5. The number of alkyl halides is 3. The zero-order valence-corrected chi connectivity index (χ0v) is 12.5. The number of hydrogen-bond acceptors (Lipinski definition) is 5. The van der Waals surface area contributed by atoms with Gasteiger partial charge in [0.25, 0.3) is 0 Å². The monoisotopic (exact) mass is 333 g/mol. The minimum Gasteiger partial charge on any atom is -0.366 e. The molecular weight excluding hydrogens is 315 g/mol. The van der Waals surface area contributed by atoms with Crippen LogP contribution in [0.15, 0.2) is 25.1 Å². The minimum absolute atomic E-state index is 0.481. The van der Waals surface area contributed by atoms with Crippen molar-refractivity contribution in [2.75, 3.05) is 14.1 Å². The molecule has 124 valence electrons. The summed E-state index contributed by atoms with van der Waals surface area (Å²) in [5, 5.41) is 0. The van der Waals surface area contributed by atoms with Gasteiger partial charge in [0.1, 0.15) is 0 Å². The molecule has 0 radical (unpaired) electrons. The topological polar surface area (TPSA) is 104 Å². The number of amides is 1. The number of rotatable bonds is 1. The summed E-state index contributed by atoms with van der Waals surface area (Å²) in [6.45, 7) is 5.25. The first-order valence-corrected chi connectivity index (χ1v) is 6.75. The Balaban J connectivity index is 0. The van der Waals surface area contributed by atoms with Crippen LogP contribution in [0.4, 0.5) is 13.2 Å². The molecule has 0 aromatic carbocycles. The third kappa shape index (κ3) is 9.73. The maximum atomic E-state index is 10.7. The van der Waals surface area contributed by atoms with Gasteiger partial charge in [-0.3, -0.25) is 9.35 Å². The number of halogens is 3. The molecule has 0 aromatic rings. The van der Waals surface area contributed by atoms with E-state index in [1.54, 1.807) is 0 Å². The fourth-order valence-electron chi connectivity index (χ4n) is 0.747. The normalized spacial score (nSPS) is 14.8. The first-order chi connectivity index (χ1) is 9.24. The molecule has 11 heteroatoms. The van der Waals surface area contributed by atoms with Gasteiger partial charge in [-0.2, -0.15) is 21.6 Å². The van der Waals surface area contributed by atoms with Gasteiger partial charge in [0.15, 0.2) is 0 Å². The molecule has 0 saturated heterocycles. The zero-order valence-electron chi connectivity index (χ0n) is 11.7. The number of nitrogens with two attached hydrogens (primary N) is 1. The Bertz CT molecular complexity index is 464.